The maximum absolute atomic E-state index is 8.11. The van der Waals surface area contributed by atoms with Crippen molar-refractivity contribution >= 4 is 38.7 Å². The molecule has 1 aliphatic heterocycles. The van der Waals surface area contributed by atoms with Crippen molar-refractivity contribution in [2.75, 3.05) is 38.1 Å². The molecule has 28 heavy (non-hydrogen) atoms. The smallest absolute Gasteiger partial charge is 0.157 e. The van der Waals surface area contributed by atoms with Crippen LogP contribution in [0.15, 0.2) is 36.8 Å². The largest absolute Gasteiger partial charge is 0.378 e. The number of nitrogens with two attached hydrogens (primary N) is 1. The van der Waals surface area contributed by atoms with Crippen LogP contribution in [0.4, 0.5) is 5.82 Å². The Hall–Kier alpha value is -2.91. The van der Waals surface area contributed by atoms with E-state index in [4.69, 9.17) is 16.6 Å². The number of thioether (sulfide) groups is 1. The Labute approximate surface area is 167 Å². The Morgan fingerprint density at radius 3 is 2.61 bits per heavy atom. The van der Waals surface area contributed by atoms with Crippen LogP contribution in [0.3, 0.4) is 0 Å². The zero-order valence-electron chi connectivity index (χ0n) is 15.6. The zero-order valence-corrected chi connectivity index (χ0v) is 16.4. The minimum atomic E-state index is -0.0928. The number of aromatic amines is 1. The molecular weight excluding hydrogens is 372 g/mol. The lowest BCUT2D eigenvalue weighted by Crippen LogP contribution is -2.44. The summed E-state index contributed by atoms with van der Waals surface area (Å²) in [6.07, 6.45) is 5.55. The van der Waals surface area contributed by atoms with Crippen molar-refractivity contribution in [3.8, 4) is 11.3 Å². The molecule has 144 valence electrons. The average molecular weight is 395 g/mol. The van der Waals surface area contributed by atoms with Crippen molar-refractivity contribution in [3.63, 3.8) is 0 Å². The number of aromatic nitrogens is 3. The lowest BCUT2D eigenvalue weighted by Gasteiger charge is -2.32. The van der Waals surface area contributed by atoms with E-state index in [1.165, 1.54) is 0 Å². The molecule has 0 bridgehead atoms. The van der Waals surface area contributed by atoms with E-state index in [0.29, 0.717) is 0 Å². The highest BCUT2D eigenvalue weighted by atomic mass is 32.2. The SMILES string of the molecule is CN1CCN(c2cnc(-c3c[nH]c4ccc(C(=N)SC(=N)N)cc34)cn2)CC1. The van der Waals surface area contributed by atoms with Crippen LogP contribution in [-0.4, -0.2) is 63.3 Å². The number of amidine groups is 1. The van der Waals surface area contributed by atoms with E-state index in [-0.39, 0.29) is 10.2 Å². The minimum absolute atomic E-state index is 0.0928. The van der Waals surface area contributed by atoms with E-state index >= 15 is 0 Å². The third-order valence-electron chi connectivity index (χ3n) is 4.90. The van der Waals surface area contributed by atoms with Crippen molar-refractivity contribution < 1.29 is 0 Å². The molecule has 0 saturated carbocycles. The summed E-state index contributed by atoms with van der Waals surface area (Å²) in [5, 5.41) is 16.6. The van der Waals surface area contributed by atoms with E-state index in [9.17, 15) is 0 Å². The topological polar surface area (TPSA) is 122 Å². The van der Waals surface area contributed by atoms with Crippen molar-refractivity contribution in [2.45, 2.75) is 0 Å². The van der Waals surface area contributed by atoms with Gasteiger partial charge in [-0.2, -0.15) is 0 Å². The first-order valence-electron chi connectivity index (χ1n) is 8.99. The first-order chi connectivity index (χ1) is 13.5. The number of anilines is 1. The summed E-state index contributed by atoms with van der Waals surface area (Å²) in [5.41, 5.74) is 8.81. The minimum Gasteiger partial charge on any atom is -0.378 e. The van der Waals surface area contributed by atoms with E-state index in [1.54, 1.807) is 6.20 Å². The summed E-state index contributed by atoms with van der Waals surface area (Å²) in [6, 6.07) is 5.70. The van der Waals surface area contributed by atoms with Crippen LogP contribution in [0.5, 0.6) is 0 Å². The molecule has 0 amide bonds. The zero-order chi connectivity index (χ0) is 19.7. The van der Waals surface area contributed by atoms with E-state index in [1.807, 2.05) is 30.6 Å². The van der Waals surface area contributed by atoms with Gasteiger partial charge in [-0.1, -0.05) is 6.07 Å². The van der Waals surface area contributed by atoms with Crippen LogP contribution in [-0.2, 0) is 0 Å². The second kappa shape index (κ2) is 7.61. The second-order valence-electron chi connectivity index (χ2n) is 6.81. The summed E-state index contributed by atoms with van der Waals surface area (Å²) in [5.74, 6) is 0.900. The van der Waals surface area contributed by atoms with E-state index in [2.05, 4.69) is 31.8 Å². The molecule has 1 saturated heterocycles. The summed E-state index contributed by atoms with van der Waals surface area (Å²) in [4.78, 5) is 17.1. The fourth-order valence-corrected chi connectivity index (χ4v) is 3.77. The van der Waals surface area contributed by atoms with Gasteiger partial charge in [-0.25, -0.2) is 4.98 Å². The number of likely N-dealkylation sites (N-methyl/N-ethyl adjacent to an activating group) is 1. The predicted octanol–water partition coefficient (Wildman–Crippen LogP) is 2.33. The Morgan fingerprint density at radius 2 is 1.93 bits per heavy atom. The molecular formula is C19H22N8S. The number of nitrogens with zero attached hydrogens (tertiary/aromatic N) is 4. The number of benzene rings is 1. The molecule has 0 atom stereocenters. The van der Waals surface area contributed by atoms with Gasteiger partial charge in [0.15, 0.2) is 5.17 Å². The summed E-state index contributed by atoms with van der Waals surface area (Å²) in [7, 11) is 2.13. The van der Waals surface area contributed by atoms with Gasteiger partial charge >= 0.3 is 0 Å². The lowest BCUT2D eigenvalue weighted by molar-refractivity contribution is 0.312. The Kier molecular flexibility index (Phi) is 5.01. The fraction of sp³-hybridized carbons (Fsp3) is 0.263. The average Bonchev–Trinajstić information content (AvgIpc) is 3.11. The van der Waals surface area contributed by atoms with Gasteiger partial charge in [0.05, 0.1) is 18.1 Å². The second-order valence-corrected chi connectivity index (χ2v) is 7.86. The normalized spacial score (nSPS) is 15.1. The number of piperazine rings is 1. The maximum atomic E-state index is 8.11. The Bertz CT molecular complexity index is 1020. The molecule has 0 aliphatic carbocycles. The molecule has 9 heteroatoms. The molecule has 3 heterocycles. The molecule has 3 aromatic rings. The van der Waals surface area contributed by atoms with Crippen LogP contribution in [0.25, 0.3) is 22.2 Å². The standard InChI is InChI=1S/C19H22N8S/c1-26-4-6-27(7-5-26)17-11-24-16(10-25-17)14-9-23-15-3-2-12(8-13(14)15)18(20)28-19(21)22/h2-3,8-11,20,23H,4-7H2,1H3,(H3,21,22). The molecule has 1 aliphatic rings. The number of hydrogen-bond donors (Lipinski definition) is 4. The molecule has 8 nitrogen and oxygen atoms in total. The fourth-order valence-electron chi connectivity index (χ4n) is 3.30. The molecule has 5 N–H and O–H groups in total. The number of fused-ring (bicyclic) bond motifs is 1. The van der Waals surface area contributed by atoms with Gasteiger partial charge in [0.2, 0.25) is 0 Å². The molecule has 1 aromatic carbocycles. The highest BCUT2D eigenvalue weighted by Crippen LogP contribution is 2.29. The molecule has 0 radical (unpaired) electrons. The Balaban J connectivity index is 1.61. The van der Waals surface area contributed by atoms with Crippen molar-refractivity contribution in [2.24, 2.45) is 5.73 Å². The molecule has 0 spiro atoms. The van der Waals surface area contributed by atoms with Crippen molar-refractivity contribution in [1.29, 1.82) is 10.8 Å². The predicted molar refractivity (Wildman–Crippen MR) is 115 cm³/mol. The van der Waals surface area contributed by atoms with Crippen LogP contribution in [0.2, 0.25) is 0 Å². The highest BCUT2D eigenvalue weighted by molar-refractivity contribution is 8.26. The summed E-state index contributed by atoms with van der Waals surface area (Å²) in [6.45, 7) is 3.96. The van der Waals surface area contributed by atoms with Gasteiger partial charge in [0, 0.05) is 54.4 Å². The highest BCUT2D eigenvalue weighted by Gasteiger charge is 2.16. The third-order valence-corrected chi connectivity index (χ3v) is 5.56. The van der Waals surface area contributed by atoms with Gasteiger partial charge in [-0.3, -0.25) is 15.8 Å². The van der Waals surface area contributed by atoms with Gasteiger partial charge in [0.25, 0.3) is 0 Å². The molecule has 0 unspecified atom stereocenters. The molecule has 1 fully saturated rings. The number of rotatable bonds is 3. The molecule has 2 aromatic heterocycles. The van der Waals surface area contributed by atoms with Crippen LogP contribution in [0.1, 0.15) is 5.56 Å². The lowest BCUT2D eigenvalue weighted by atomic mass is 10.1. The first-order valence-corrected chi connectivity index (χ1v) is 9.81. The van der Waals surface area contributed by atoms with Crippen LogP contribution in [0, 0.1) is 10.8 Å². The number of H-pyrrole nitrogens is 1. The maximum Gasteiger partial charge on any atom is 0.157 e. The van der Waals surface area contributed by atoms with Gasteiger partial charge in [0.1, 0.15) is 10.9 Å². The third kappa shape index (κ3) is 3.71. The van der Waals surface area contributed by atoms with Crippen LogP contribution >= 0.6 is 11.8 Å². The van der Waals surface area contributed by atoms with E-state index in [0.717, 1.165) is 71.5 Å². The monoisotopic (exact) mass is 394 g/mol. The molecule has 4 rings (SSSR count). The van der Waals surface area contributed by atoms with Gasteiger partial charge in [-0.05, 0) is 30.9 Å². The first kappa shape index (κ1) is 18.5. The van der Waals surface area contributed by atoms with Crippen molar-refractivity contribution in [3.05, 3.63) is 42.4 Å². The summed E-state index contributed by atoms with van der Waals surface area (Å²) < 4.78 is 0. The van der Waals surface area contributed by atoms with E-state index < -0.39 is 0 Å². The van der Waals surface area contributed by atoms with Gasteiger partial charge in [-0.15, -0.1) is 0 Å². The van der Waals surface area contributed by atoms with Crippen molar-refractivity contribution in [1.82, 2.24) is 19.9 Å². The quantitative estimate of drug-likeness (QED) is 0.399. The Morgan fingerprint density at radius 1 is 1.14 bits per heavy atom. The number of hydrogen-bond acceptors (Lipinski definition) is 7. The summed E-state index contributed by atoms with van der Waals surface area (Å²) >= 11 is 0.936. The number of nitrogens with one attached hydrogen (secondary N) is 3. The van der Waals surface area contributed by atoms with Gasteiger partial charge < -0.3 is 20.5 Å². The van der Waals surface area contributed by atoms with Crippen LogP contribution < -0.4 is 10.6 Å².